The second-order valence-corrected chi connectivity index (χ2v) is 6.45. The summed E-state index contributed by atoms with van der Waals surface area (Å²) in [5, 5.41) is 16.7. The van der Waals surface area contributed by atoms with Crippen molar-refractivity contribution in [3.63, 3.8) is 0 Å². The van der Waals surface area contributed by atoms with Gasteiger partial charge in [0, 0.05) is 37.9 Å². The zero-order chi connectivity index (χ0) is 19.4. The number of amides is 1. The number of benzene rings is 1. The SMILES string of the molecule is Cc1cn(-c2c(F)cccc2F)nc1C(=O)NC[C@H](O)CN1CCOCC1. The lowest BCUT2D eigenvalue weighted by Crippen LogP contribution is -2.44. The number of rotatable bonds is 6. The quantitative estimate of drug-likeness (QED) is 0.778. The molecule has 3 rings (SSSR count). The third-order valence-corrected chi connectivity index (χ3v) is 4.35. The molecule has 7 nitrogen and oxygen atoms in total. The lowest BCUT2D eigenvalue weighted by atomic mass is 10.2. The van der Waals surface area contributed by atoms with Crippen molar-refractivity contribution < 1.29 is 23.4 Å². The van der Waals surface area contributed by atoms with Gasteiger partial charge in [-0.05, 0) is 19.1 Å². The first-order chi connectivity index (χ1) is 13.0. The van der Waals surface area contributed by atoms with E-state index in [2.05, 4.69) is 15.3 Å². The number of β-amino-alcohol motifs (C(OH)–C–C–N with tert-alkyl or cyclic N) is 1. The number of carbonyl (C=O) groups excluding carboxylic acids is 1. The zero-order valence-corrected chi connectivity index (χ0v) is 15.0. The van der Waals surface area contributed by atoms with E-state index < -0.39 is 23.6 Å². The number of aromatic nitrogens is 2. The fraction of sp³-hybridized carbons (Fsp3) is 0.444. The number of nitrogens with one attached hydrogen (secondary N) is 1. The van der Waals surface area contributed by atoms with Crippen molar-refractivity contribution in [3.8, 4) is 5.69 Å². The largest absolute Gasteiger partial charge is 0.390 e. The smallest absolute Gasteiger partial charge is 0.272 e. The monoisotopic (exact) mass is 380 g/mol. The van der Waals surface area contributed by atoms with Gasteiger partial charge in [0.1, 0.15) is 5.69 Å². The van der Waals surface area contributed by atoms with Crippen LogP contribution in [0.15, 0.2) is 24.4 Å². The molecule has 1 atom stereocenters. The average molecular weight is 380 g/mol. The van der Waals surface area contributed by atoms with E-state index in [-0.39, 0.29) is 17.9 Å². The highest BCUT2D eigenvalue weighted by molar-refractivity contribution is 5.93. The summed E-state index contributed by atoms with van der Waals surface area (Å²) in [5.74, 6) is -2.06. The molecule has 0 bridgehead atoms. The summed E-state index contributed by atoms with van der Waals surface area (Å²) >= 11 is 0. The number of carbonyl (C=O) groups is 1. The van der Waals surface area contributed by atoms with Gasteiger partial charge in [0.25, 0.3) is 5.91 Å². The van der Waals surface area contributed by atoms with Gasteiger partial charge < -0.3 is 15.2 Å². The Kier molecular flexibility index (Phi) is 6.15. The molecule has 2 heterocycles. The first-order valence-corrected chi connectivity index (χ1v) is 8.72. The molecule has 1 amide bonds. The van der Waals surface area contributed by atoms with E-state index in [1.54, 1.807) is 6.92 Å². The van der Waals surface area contributed by atoms with E-state index in [9.17, 15) is 18.7 Å². The molecule has 0 radical (unpaired) electrons. The normalized spacial score (nSPS) is 16.3. The highest BCUT2D eigenvalue weighted by Gasteiger charge is 2.20. The molecule has 146 valence electrons. The van der Waals surface area contributed by atoms with Crippen molar-refractivity contribution in [2.45, 2.75) is 13.0 Å². The van der Waals surface area contributed by atoms with Gasteiger partial charge in [0.2, 0.25) is 0 Å². The number of nitrogens with zero attached hydrogens (tertiary/aromatic N) is 3. The lowest BCUT2D eigenvalue weighted by molar-refractivity contribution is 0.0149. The molecule has 2 N–H and O–H groups in total. The molecule has 1 saturated heterocycles. The van der Waals surface area contributed by atoms with Crippen molar-refractivity contribution in [3.05, 3.63) is 47.3 Å². The first-order valence-electron chi connectivity index (χ1n) is 8.72. The summed E-state index contributed by atoms with van der Waals surface area (Å²) in [6, 6.07) is 3.50. The van der Waals surface area contributed by atoms with Gasteiger partial charge in [0.05, 0.1) is 19.3 Å². The van der Waals surface area contributed by atoms with Crippen molar-refractivity contribution in [2.24, 2.45) is 0 Å². The summed E-state index contributed by atoms with van der Waals surface area (Å²) in [7, 11) is 0. The number of aryl methyl sites for hydroxylation is 1. The lowest BCUT2D eigenvalue weighted by Gasteiger charge is -2.28. The standard InChI is InChI=1S/C18H22F2N4O3/c1-12-10-24(17-14(19)3-2-4-15(17)20)22-16(12)18(26)21-9-13(25)11-23-5-7-27-8-6-23/h2-4,10,13,25H,5-9,11H2,1H3,(H,21,26)/t13-/m0/s1. The maximum Gasteiger partial charge on any atom is 0.272 e. The minimum Gasteiger partial charge on any atom is -0.390 e. The molecular weight excluding hydrogens is 358 g/mol. The van der Waals surface area contributed by atoms with Crippen LogP contribution in [0.25, 0.3) is 5.69 Å². The van der Waals surface area contributed by atoms with Crippen LogP contribution in [0.1, 0.15) is 16.1 Å². The van der Waals surface area contributed by atoms with Gasteiger partial charge in [0.15, 0.2) is 17.3 Å². The summed E-state index contributed by atoms with van der Waals surface area (Å²) < 4.78 is 34.1. The summed E-state index contributed by atoms with van der Waals surface area (Å²) in [4.78, 5) is 14.4. The van der Waals surface area contributed by atoms with E-state index in [1.807, 2.05) is 0 Å². The third-order valence-electron chi connectivity index (χ3n) is 4.35. The van der Waals surface area contributed by atoms with Crippen molar-refractivity contribution in [2.75, 3.05) is 39.4 Å². The Hall–Kier alpha value is -2.36. The number of hydrogen-bond acceptors (Lipinski definition) is 5. The van der Waals surface area contributed by atoms with Crippen LogP contribution in [-0.2, 0) is 4.74 Å². The number of aliphatic hydroxyl groups excluding tert-OH is 1. The van der Waals surface area contributed by atoms with Crippen LogP contribution in [-0.4, -0.2) is 71.2 Å². The number of halogens is 2. The Balaban J connectivity index is 1.62. The van der Waals surface area contributed by atoms with Crippen LogP contribution in [0.2, 0.25) is 0 Å². The maximum absolute atomic E-state index is 13.9. The molecule has 1 aliphatic rings. The summed E-state index contributed by atoms with van der Waals surface area (Å²) in [6.07, 6.45) is 0.652. The maximum atomic E-state index is 13.9. The number of morpholine rings is 1. The van der Waals surface area contributed by atoms with E-state index in [0.717, 1.165) is 29.9 Å². The molecule has 1 fully saturated rings. The molecule has 0 unspecified atom stereocenters. The minimum absolute atomic E-state index is 0.0521. The molecule has 27 heavy (non-hydrogen) atoms. The molecular formula is C18H22F2N4O3. The van der Waals surface area contributed by atoms with Crippen molar-refractivity contribution in [1.29, 1.82) is 0 Å². The van der Waals surface area contributed by atoms with Crippen LogP contribution >= 0.6 is 0 Å². The van der Waals surface area contributed by atoms with Gasteiger partial charge in [-0.25, -0.2) is 13.5 Å². The number of hydrogen-bond donors (Lipinski definition) is 2. The van der Waals surface area contributed by atoms with Gasteiger partial charge >= 0.3 is 0 Å². The molecule has 0 saturated carbocycles. The predicted molar refractivity (Wildman–Crippen MR) is 93.8 cm³/mol. The topological polar surface area (TPSA) is 79.6 Å². The van der Waals surface area contributed by atoms with E-state index in [0.29, 0.717) is 25.3 Å². The Morgan fingerprint density at radius 1 is 1.33 bits per heavy atom. The highest BCUT2D eigenvalue weighted by atomic mass is 19.1. The molecule has 9 heteroatoms. The Labute approximate surface area is 155 Å². The summed E-state index contributed by atoms with van der Waals surface area (Å²) in [5.41, 5.74) is 0.182. The van der Waals surface area contributed by atoms with Crippen LogP contribution < -0.4 is 5.32 Å². The fourth-order valence-corrected chi connectivity index (χ4v) is 2.95. The van der Waals surface area contributed by atoms with Crippen molar-refractivity contribution >= 4 is 5.91 Å². The Morgan fingerprint density at radius 3 is 2.67 bits per heavy atom. The van der Waals surface area contributed by atoms with Crippen LogP contribution in [0.4, 0.5) is 8.78 Å². The first kappa shape index (κ1) is 19.4. The number of ether oxygens (including phenoxy) is 1. The molecule has 0 aliphatic carbocycles. The average Bonchev–Trinajstić information content (AvgIpc) is 3.02. The van der Waals surface area contributed by atoms with Crippen molar-refractivity contribution in [1.82, 2.24) is 20.0 Å². The van der Waals surface area contributed by atoms with E-state index in [1.165, 1.54) is 12.3 Å². The zero-order valence-electron chi connectivity index (χ0n) is 15.0. The molecule has 1 aliphatic heterocycles. The van der Waals surface area contributed by atoms with Crippen LogP contribution in [0.3, 0.4) is 0 Å². The van der Waals surface area contributed by atoms with Gasteiger partial charge in [-0.2, -0.15) is 5.10 Å². The van der Waals surface area contributed by atoms with Crippen LogP contribution in [0, 0.1) is 18.6 Å². The highest BCUT2D eigenvalue weighted by Crippen LogP contribution is 2.18. The minimum atomic E-state index is -0.773. The number of aliphatic hydroxyl groups is 1. The Morgan fingerprint density at radius 2 is 2.00 bits per heavy atom. The molecule has 0 spiro atoms. The molecule has 2 aromatic rings. The molecule has 1 aromatic heterocycles. The number of para-hydroxylation sites is 1. The van der Waals surface area contributed by atoms with Gasteiger partial charge in [-0.1, -0.05) is 6.07 Å². The fourth-order valence-electron chi connectivity index (χ4n) is 2.95. The Bertz CT molecular complexity index is 786. The van der Waals surface area contributed by atoms with E-state index in [4.69, 9.17) is 4.74 Å². The molecule has 1 aromatic carbocycles. The second kappa shape index (κ2) is 8.55. The predicted octanol–water partition coefficient (Wildman–Crippen LogP) is 0.882. The van der Waals surface area contributed by atoms with Gasteiger partial charge in [-0.3, -0.25) is 9.69 Å². The second-order valence-electron chi connectivity index (χ2n) is 6.45. The van der Waals surface area contributed by atoms with Gasteiger partial charge in [-0.15, -0.1) is 0 Å². The summed E-state index contributed by atoms with van der Waals surface area (Å²) in [6.45, 7) is 4.84. The van der Waals surface area contributed by atoms with Crippen LogP contribution in [0.5, 0.6) is 0 Å². The van der Waals surface area contributed by atoms with E-state index >= 15 is 0 Å². The third kappa shape index (κ3) is 4.68.